The molecule has 7 heteroatoms. The summed E-state index contributed by atoms with van der Waals surface area (Å²) in [6.45, 7) is 1.82. The van der Waals surface area contributed by atoms with Gasteiger partial charge in [0.25, 0.3) is 5.91 Å². The van der Waals surface area contributed by atoms with Crippen LogP contribution in [-0.2, 0) is 0 Å². The molecular formula is C14H17BrN5O. The number of nitrogens with one attached hydrogen (secondary N) is 2. The number of pyridine rings is 1. The van der Waals surface area contributed by atoms with Gasteiger partial charge in [0.2, 0.25) is 0 Å². The molecule has 0 spiro atoms. The number of carbonyl (C=O) groups excluding carboxylic acids is 1. The SMILES string of the molecule is CN[C@@H]1CCCN(c2c(Br)c(C(N)=O)nc3[nH]c[c]c23)C1. The van der Waals surface area contributed by atoms with Gasteiger partial charge in [-0.25, -0.2) is 4.98 Å². The Morgan fingerprint density at radius 2 is 2.48 bits per heavy atom. The van der Waals surface area contributed by atoms with Gasteiger partial charge in [0.05, 0.1) is 15.5 Å². The number of H-pyrrole nitrogens is 1. The van der Waals surface area contributed by atoms with E-state index in [1.54, 1.807) is 6.20 Å². The van der Waals surface area contributed by atoms with Crippen molar-refractivity contribution in [1.29, 1.82) is 0 Å². The van der Waals surface area contributed by atoms with Crippen LogP contribution in [0.5, 0.6) is 0 Å². The van der Waals surface area contributed by atoms with Crippen LogP contribution in [0.1, 0.15) is 23.3 Å². The minimum absolute atomic E-state index is 0.250. The van der Waals surface area contributed by atoms with E-state index < -0.39 is 5.91 Å². The van der Waals surface area contributed by atoms with Crippen molar-refractivity contribution in [3.05, 3.63) is 22.4 Å². The number of aromatic nitrogens is 2. The molecule has 1 saturated heterocycles. The summed E-state index contributed by atoms with van der Waals surface area (Å²) in [6, 6.07) is 3.60. The number of rotatable bonds is 3. The molecule has 2 aromatic rings. The number of nitrogens with zero attached hydrogens (tertiary/aromatic N) is 2. The summed E-state index contributed by atoms with van der Waals surface area (Å²) >= 11 is 3.51. The largest absolute Gasteiger partial charge is 0.368 e. The lowest BCUT2D eigenvalue weighted by molar-refractivity contribution is 0.0995. The average Bonchev–Trinajstić information content (AvgIpc) is 2.94. The van der Waals surface area contributed by atoms with Gasteiger partial charge in [-0.05, 0) is 35.8 Å². The van der Waals surface area contributed by atoms with Crippen molar-refractivity contribution >= 4 is 38.6 Å². The Hall–Kier alpha value is -1.60. The van der Waals surface area contributed by atoms with Crippen molar-refractivity contribution < 1.29 is 4.79 Å². The molecule has 21 heavy (non-hydrogen) atoms. The van der Waals surface area contributed by atoms with Gasteiger partial charge >= 0.3 is 0 Å². The van der Waals surface area contributed by atoms with Gasteiger partial charge in [-0.15, -0.1) is 0 Å². The first kappa shape index (κ1) is 14.3. The fraction of sp³-hybridized carbons (Fsp3) is 0.429. The first-order valence-electron chi connectivity index (χ1n) is 6.92. The molecule has 1 radical (unpaired) electrons. The molecule has 3 heterocycles. The maximum Gasteiger partial charge on any atom is 0.268 e. The fourth-order valence-corrected chi connectivity index (χ4v) is 3.58. The van der Waals surface area contributed by atoms with Crippen LogP contribution in [0.25, 0.3) is 11.0 Å². The van der Waals surface area contributed by atoms with Crippen molar-refractivity contribution in [2.75, 3.05) is 25.0 Å². The van der Waals surface area contributed by atoms with Crippen LogP contribution in [0.4, 0.5) is 5.69 Å². The molecule has 2 aromatic heterocycles. The van der Waals surface area contributed by atoms with Gasteiger partial charge in [0.15, 0.2) is 0 Å². The third kappa shape index (κ3) is 2.51. The van der Waals surface area contributed by atoms with E-state index in [-0.39, 0.29) is 5.69 Å². The highest BCUT2D eigenvalue weighted by molar-refractivity contribution is 9.10. The summed E-state index contributed by atoms with van der Waals surface area (Å²) < 4.78 is 0.648. The maximum absolute atomic E-state index is 11.6. The van der Waals surface area contributed by atoms with Gasteiger partial charge in [-0.3, -0.25) is 4.79 Å². The highest BCUT2D eigenvalue weighted by Crippen LogP contribution is 2.36. The number of anilines is 1. The summed E-state index contributed by atoms with van der Waals surface area (Å²) in [5.74, 6) is -0.540. The number of amides is 1. The zero-order chi connectivity index (χ0) is 15.0. The van der Waals surface area contributed by atoms with Crippen molar-refractivity contribution in [3.63, 3.8) is 0 Å². The predicted octanol–water partition coefficient (Wildman–Crippen LogP) is 1.41. The van der Waals surface area contributed by atoms with Crippen LogP contribution in [0.2, 0.25) is 0 Å². The van der Waals surface area contributed by atoms with Gasteiger partial charge in [-0.1, -0.05) is 0 Å². The van der Waals surface area contributed by atoms with E-state index in [9.17, 15) is 4.79 Å². The van der Waals surface area contributed by atoms with E-state index in [0.29, 0.717) is 16.2 Å². The molecule has 0 aliphatic carbocycles. The van der Waals surface area contributed by atoms with Crippen molar-refractivity contribution in [1.82, 2.24) is 15.3 Å². The van der Waals surface area contributed by atoms with Gasteiger partial charge in [0.1, 0.15) is 11.3 Å². The molecule has 1 amide bonds. The third-order valence-corrected chi connectivity index (χ3v) is 4.67. The predicted molar refractivity (Wildman–Crippen MR) is 85.4 cm³/mol. The van der Waals surface area contributed by atoms with Gasteiger partial charge in [0, 0.05) is 31.4 Å². The number of piperidine rings is 1. The Morgan fingerprint density at radius 3 is 3.19 bits per heavy atom. The van der Waals surface area contributed by atoms with Gasteiger partial charge in [-0.2, -0.15) is 0 Å². The molecular weight excluding hydrogens is 334 g/mol. The van der Waals surface area contributed by atoms with Crippen molar-refractivity contribution in [2.45, 2.75) is 18.9 Å². The van der Waals surface area contributed by atoms with E-state index in [1.165, 1.54) is 0 Å². The summed E-state index contributed by atoms with van der Waals surface area (Å²) in [5, 5.41) is 4.20. The van der Waals surface area contributed by atoms with Crippen LogP contribution in [0, 0.1) is 6.07 Å². The van der Waals surface area contributed by atoms with Crippen LogP contribution in [0.3, 0.4) is 0 Å². The minimum atomic E-state index is -0.540. The molecule has 0 saturated carbocycles. The van der Waals surface area contributed by atoms with E-state index in [2.05, 4.69) is 42.2 Å². The van der Waals surface area contributed by atoms with Crippen LogP contribution >= 0.6 is 15.9 Å². The highest BCUT2D eigenvalue weighted by Gasteiger charge is 2.25. The number of primary amides is 1. The molecule has 0 aromatic carbocycles. The van der Waals surface area contributed by atoms with Crippen LogP contribution < -0.4 is 16.0 Å². The molecule has 3 rings (SSSR count). The van der Waals surface area contributed by atoms with E-state index in [0.717, 1.165) is 37.0 Å². The molecule has 1 atom stereocenters. The first-order chi connectivity index (χ1) is 10.1. The Labute approximate surface area is 131 Å². The molecule has 1 aliphatic rings. The van der Waals surface area contributed by atoms with Crippen molar-refractivity contribution in [3.8, 4) is 0 Å². The second kappa shape index (κ2) is 5.65. The summed E-state index contributed by atoms with van der Waals surface area (Å²) in [5.41, 5.74) is 7.26. The monoisotopic (exact) mass is 350 g/mol. The molecule has 1 aliphatic heterocycles. The van der Waals surface area contributed by atoms with E-state index in [4.69, 9.17) is 5.73 Å². The molecule has 0 bridgehead atoms. The van der Waals surface area contributed by atoms with Crippen LogP contribution in [-0.4, -0.2) is 42.1 Å². The Morgan fingerprint density at radius 1 is 1.67 bits per heavy atom. The van der Waals surface area contributed by atoms with Crippen LogP contribution in [0.15, 0.2) is 10.7 Å². The molecule has 0 unspecified atom stereocenters. The highest BCUT2D eigenvalue weighted by atomic mass is 79.9. The lowest BCUT2D eigenvalue weighted by atomic mass is 10.0. The van der Waals surface area contributed by atoms with E-state index >= 15 is 0 Å². The number of likely N-dealkylation sites (N-methyl/N-ethyl adjacent to an activating group) is 1. The third-order valence-electron chi connectivity index (χ3n) is 3.92. The lowest BCUT2D eigenvalue weighted by Gasteiger charge is -2.35. The molecule has 6 nitrogen and oxygen atoms in total. The number of fused-ring (bicyclic) bond motifs is 1. The fourth-order valence-electron chi connectivity index (χ4n) is 2.84. The molecule has 111 valence electrons. The Balaban J connectivity index is 2.13. The molecule has 4 N–H and O–H groups in total. The second-order valence-corrected chi connectivity index (χ2v) is 6.01. The first-order valence-corrected chi connectivity index (χ1v) is 7.71. The number of hydrogen-bond donors (Lipinski definition) is 3. The smallest absolute Gasteiger partial charge is 0.268 e. The summed E-state index contributed by atoms with van der Waals surface area (Å²) in [7, 11) is 1.97. The Bertz CT molecular complexity index is 683. The summed E-state index contributed by atoms with van der Waals surface area (Å²) in [6.07, 6.45) is 3.95. The number of carbonyl (C=O) groups is 1. The van der Waals surface area contributed by atoms with E-state index in [1.807, 2.05) is 7.05 Å². The minimum Gasteiger partial charge on any atom is -0.368 e. The standard InChI is InChI=1S/C14H17BrN5O/c1-17-8-3-2-6-20(7-8)12-9-4-5-18-14(9)19-11(10(12)15)13(16)21/h5,8,17H,2-3,6-7H2,1H3,(H2,16,21)(H,18,19)/t8-/m1/s1. The van der Waals surface area contributed by atoms with Gasteiger partial charge < -0.3 is 20.9 Å². The average molecular weight is 351 g/mol. The second-order valence-electron chi connectivity index (χ2n) is 5.22. The summed E-state index contributed by atoms with van der Waals surface area (Å²) in [4.78, 5) is 21.2. The quantitative estimate of drug-likeness (QED) is 0.781. The number of hydrogen-bond acceptors (Lipinski definition) is 4. The topological polar surface area (TPSA) is 87.0 Å². The maximum atomic E-state index is 11.6. The number of nitrogens with two attached hydrogens (primary N) is 1. The lowest BCUT2D eigenvalue weighted by Crippen LogP contribution is -2.44. The Kier molecular flexibility index (Phi) is 3.86. The molecule has 1 fully saturated rings. The number of halogens is 1. The normalized spacial score (nSPS) is 19.1. The van der Waals surface area contributed by atoms with Crippen molar-refractivity contribution in [2.24, 2.45) is 5.73 Å². The number of aromatic amines is 1. The zero-order valence-corrected chi connectivity index (χ0v) is 13.3. The zero-order valence-electron chi connectivity index (χ0n) is 11.7.